The van der Waals surface area contributed by atoms with Gasteiger partial charge in [-0.25, -0.2) is 9.78 Å². The van der Waals surface area contributed by atoms with E-state index in [1.807, 2.05) is 32.9 Å². The zero-order valence-electron chi connectivity index (χ0n) is 17.3. The zero-order chi connectivity index (χ0) is 21.5. The van der Waals surface area contributed by atoms with Gasteiger partial charge in [-0.15, -0.1) is 0 Å². The van der Waals surface area contributed by atoms with Gasteiger partial charge in [-0.05, 0) is 51.7 Å². The maximum absolute atomic E-state index is 12.8. The largest absolute Gasteiger partial charge is 0.444 e. The van der Waals surface area contributed by atoms with Crippen molar-refractivity contribution < 1.29 is 14.3 Å². The Morgan fingerprint density at radius 1 is 1.33 bits per heavy atom. The number of thiazole rings is 1. The molecular weight excluding hydrogens is 404 g/mol. The molecule has 10 heteroatoms. The summed E-state index contributed by atoms with van der Waals surface area (Å²) in [4.78, 5) is 31.0. The molecule has 30 heavy (non-hydrogen) atoms. The maximum Gasteiger partial charge on any atom is 0.410 e. The Bertz CT molecular complexity index is 1090. The predicted molar refractivity (Wildman–Crippen MR) is 117 cm³/mol. The molecule has 0 aliphatic carbocycles. The van der Waals surface area contributed by atoms with Crippen LogP contribution in [0.5, 0.6) is 0 Å². The lowest BCUT2D eigenvalue weighted by Gasteiger charge is -2.33. The molecule has 3 aromatic rings. The number of nitrogens with two attached hydrogens (primary N) is 1. The summed E-state index contributed by atoms with van der Waals surface area (Å²) in [5.74, 6) is 0.0761. The molecule has 4 N–H and O–H groups in total. The van der Waals surface area contributed by atoms with Gasteiger partial charge in [0.1, 0.15) is 5.60 Å². The van der Waals surface area contributed by atoms with Gasteiger partial charge in [-0.1, -0.05) is 11.3 Å². The SMILES string of the molecule is CC(C)(C)OC(=O)N1CCC(CNC(=O)c2n[nH]c3ccc4nc(N)sc4c23)CC1. The van der Waals surface area contributed by atoms with Gasteiger partial charge in [0, 0.05) is 19.6 Å². The Morgan fingerprint density at radius 2 is 2.07 bits per heavy atom. The molecule has 160 valence electrons. The Balaban J connectivity index is 1.37. The van der Waals surface area contributed by atoms with Crippen LogP contribution in [0.2, 0.25) is 0 Å². The van der Waals surface area contributed by atoms with E-state index < -0.39 is 5.60 Å². The van der Waals surface area contributed by atoms with Crippen LogP contribution in [-0.4, -0.2) is 57.3 Å². The van der Waals surface area contributed by atoms with E-state index in [2.05, 4.69) is 20.5 Å². The number of carbonyl (C=O) groups excluding carboxylic acids is 2. The quantitative estimate of drug-likeness (QED) is 0.586. The number of anilines is 1. The smallest absolute Gasteiger partial charge is 0.410 e. The normalized spacial score (nSPS) is 15.6. The van der Waals surface area contributed by atoms with Crippen molar-refractivity contribution in [2.24, 2.45) is 5.92 Å². The Labute approximate surface area is 178 Å². The minimum absolute atomic E-state index is 0.227. The summed E-state index contributed by atoms with van der Waals surface area (Å²) in [6.45, 7) is 7.38. The first-order valence-corrected chi connectivity index (χ1v) is 10.8. The van der Waals surface area contributed by atoms with Crippen molar-refractivity contribution in [3.63, 3.8) is 0 Å². The van der Waals surface area contributed by atoms with E-state index in [4.69, 9.17) is 10.5 Å². The first kappa shape index (κ1) is 20.4. The molecule has 3 heterocycles. The van der Waals surface area contributed by atoms with E-state index in [9.17, 15) is 9.59 Å². The third-order valence-corrected chi connectivity index (χ3v) is 6.05. The topological polar surface area (TPSA) is 126 Å². The molecule has 0 radical (unpaired) electrons. The number of benzene rings is 1. The number of nitrogens with zero attached hydrogens (tertiary/aromatic N) is 3. The molecule has 0 saturated carbocycles. The monoisotopic (exact) mass is 430 g/mol. The molecule has 1 saturated heterocycles. The summed E-state index contributed by atoms with van der Waals surface area (Å²) in [5.41, 5.74) is 7.23. The summed E-state index contributed by atoms with van der Waals surface area (Å²) in [7, 11) is 0. The van der Waals surface area contributed by atoms with Crippen LogP contribution < -0.4 is 11.1 Å². The highest BCUT2D eigenvalue weighted by atomic mass is 32.1. The molecule has 1 aliphatic heterocycles. The van der Waals surface area contributed by atoms with E-state index >= 15 is 0 Å². The fourth-order valence-corrected chi connectivity index (χ4v) is 4.52. The number of H-pyrrole nitrogens is 1. The van der Waals surface area contributed by atoms with Crippen LogP contribution in [0, 0.1) is 5.92 Å². The van der Waals surface area contributed by atoms with Crippen LogP contribution in [0.25, 0.3) is 21.1 Å². The zero-order valence-corrected chi connectivity index (χ0v) is 18.1. The van der Waals surface area contributed by atoms with E-state index in [1.165, 1.54) is 11.3 Å². The van der Waals surface area contributed by atoms with Gasteiger partial charge in [0.25, 0.3) is 5.91 Å². The minimum atomic E-state index is -0.498. The van der Waals surface area contributed by atoms with Crippen LogP contribution in [0.1, 0.15) is 44.1 Å². The van der Waals surface area contributed by atoms with Gasteiger partial charge in [-0.2, -0.15) is 5.10 Å². The molecule has 4 rings (SSSR count). The van der Waals surface area contributed by atoms with E-state index in [0.29, 0.717) is 36.4 Å². The van der Waals surface area contributed by atoms with Crippen LogP contribution in [0.15, 0.2) is 12.1 Å². The number of hydrogen-bond acceptors (Lipinski definition) is 7. The Hall–Kier alpha value is -2.88. The summed E-state index contributed by atoms with van der Waals surface area (Å²) in [6.07, 6.45) is 1.35. The molecule has 1 aliphatic rings. The Kier molecular flexibility index (Phi) is 5.27. The molecule has 0 atom stereocenters. The number of aromatic nitrogens is 3. The van der Waals surface area contributed by atoms with Crippen molar-refractivity contribution in [2.45, 2.75) is 39.2 Å². The van der Waals surface area contributed by atoms with Gasteiger partial charge < -0.3 is 20.7 Å². The third-order valence-electron chi connectivity index (χ3n) is 5.13. The van der Waals surface area contributed by atoms with Crippen LogP contribution in [0.3, 0.4) is 0 Å². The van der Waals surface area contributed by atoms with Crippen molar-refractivity contribution in [3.8, 4) is 0 Å². The number of rotatable bonds is 3. The number of amides is 2. The lowest BCUT2D eigenvalue weighted by molar-refractivity contribution is 0.0183. The van der Waals surface area contributed by atoms with E-state index in [0.717, 1.165) is 34.0 Å². The molecule has 2 amide bonds. The second-order valence-electron chi connectivity index (χ2n) is 8.58. The van der Waals surface area contributed by atoms with Gasteiger partial charge in [0.05, 0.1) is 21.1 Å². The summed E-state index contributed by atoms with van der Waals surface area (Å²) in [6, 6.07) is 3.72. The first-order valence-electron chi connectivity index (χ1n) is 10.0. The van der Waals surface area contributed by atoms with Crippen LogP contribution in [-0.2, 0) is 4.74 Å². The Morgan fingerprint density at radius 3 is 2.77 bits per heavy atom. The number of piperidine rings is 1. The number of ether oxygens (including phenoxy) is 1. The first-order chi connectivity index (χ1) is 14.2. The molecule has 0 bridgehead atoms. The average molecular weight is 431 g/mol. The van der Waals surface area contributed by atoms with Gasteiger partial charge in [0.15, 0.2) is 10.8 Å². The number of nitrogens with one attached hydrogen (secondary N) is 2. The minimum Gasteiger partial charge on any atom is -0.444 e. The highest BCUT2D eigenvalue weighted by molar-refractivity contribution is 7.23. The van der Waals surface area contributed by atoms with Gasteiger partial charge >= 0.3 is 6.09 Å². The standard InChI is InChI=1S/C20H26N6O3S/c1-20(2,3)29-19(28)26-8-6-11(7-9-26)10-22-17(27)15-14-12(24-25-15)4-5-13-16(14)30-18(21)23-13/h4-5,11H,6-10H2,1-3H3,(H2,21,23)(H,22,27)(H,24,25). The van der Waals surface area contributed by atoms with Crippen molar-refractivity contribution in [3.05, 3.63) is 17.8 Å². The maximum atomic E-state index is 12.8. The third kappa shape index (κ3) is 4.18. The summed E-state index contributed by atoms with van der Waals surface area (Å²) < 4.78 is 6.29. The highest BCUT2D eigenvalue weighted by Gasteiger charge is 2.27. The molecular formula is C20H26N6O3S. The van der Waals surface area contributed by atoms with E-state index in [-0.39, 0.29) is 12.0 Å². The van der Waals surface area contributed by atoms with Crippen molar-refractivity contribution in [2.75, 3.05) is 25.4 Å². The van der Waals surface area contributed by atoms with Crippen molar-refractivity contribution in [1.82, 2.24) is 25.4 Å². The molecule has 0 unspecified atom stereocenters. The molecule has 2 aromatic heterocycles. The number of aromatic amines is 1. The lowest BCUT2D eigenvalue weighted by Crippen LogP contribution is -2.43. The van der Waals surface area contributed by atoms with Crippen LogP contribution in [0.4, 0.5) is 9.93 Å². The second-order valence-corrected chi connectivity index (χ2v) is 9.61. The number of nitrogen functional groups attached to an aromatic ring is 1. The molecule has 0 spiro atoms. The molecule has 9 nitrogen and oxygen atoms in total. The van der Waals surface area contributed by atoms with Gasteiger partial charge in [-0.3, -0.25) is 9.89 Å². The fourth-order valence-electron chi connectivity index (χ4n) is 3.64. The second kappa shape index (κ2) is 7.75. The lowest BCUT2D eigenvalue weighted by atomic mass is 9.97. The summed E-state index contributed by atoms with van der Waals surface area (Å²) in [5, 5.41) is 11.3. The van der Waals surface area contributed by atoms with Crippen molar-refractivity contribution >= 4 is 49.6 Å². The molecule has 1 aromatic carbocycles. The van der Waals surface area contributed by atoms with E-state index in [1.54, 1.807) is 4.90 Å². The number of hydrogen-bond donors (Lipinski definition) is 3. The number of likely N-dealkylation sites (tertiary alicyclic amines) is 1. The van der Waals surface area contributed by atoms with Crippen LogP contribution >= 0.6 is 11.3 Å². The molecule has 1 fully saturated rings. The predicted octanol–water partition coefficient (Wildman–Crippen LogP) is 3.13. The highest BCUT2D eigenvalue weighted by Crippen LogP contribution is 2.32. The average Bonchev–Trinajstić information content (AvgIpc) is 3.27. The summed E-state index contributed by atoms with van der Waals surface area (Å²) >= 11 is 1.35. The number of carbonyl (C=O) groups is 2. The number of fused-ring (bicyclic) bond motifs is 3. The van der Waals surface area contributed by atoms with Crippen molar-refractivity contribution in [1.29, 1.82) is 0 Å². The fraction of sp³-hybridized carbons (Fsp3) is 0.500. The van der Waals surface area contributed by atoms with Gasteiger partial charge in [0.2, 0.25) is 0 Å².